The van der Waals surface area contributed by atoms with Crippen molar-refractivity contribution < 1.29 is 4.79 Å². The minimum atomic E-state index is -0.350. The molecule has 0 atom stereocenters. The van der Waals surface area contributed by atoms with Crippen molar-refractivity contribution in [1.82, 2.24) is 4.90 Å². The third-order valence-corrected chi connectivity index (χ3v) is 1.58. The molecule has 11 heavy (non-hydrogen) atoms. The topological polar surface area (TPSA) is 46.3 Å². The van der Waals surface area contributed by atoms with Crippen molar-refractivity contribution in [2.75, 3.05) is 13.1 Å². The van der Waals surface area contributed by atoms with Gasteiger partial charge in [0.2, 0.25) is 5.91 Å². The third kappa shape index (κ3) is 3.65. The second kappa shape index (κ2) is 4.77. The minimum absolute atomic E-state index is 0.350. The first-order valence-corrected chi connectivity index (χ1v) is 3.84. The molecule has 0 spiro atoms. The van der Waals surface area contributed by atoms with Gasteiger partial charge in [-0.2, -0.15) is 0 Å². The molecular weight excluding hydrogens is 140 g/mol. The molecule has 3 heteroatoms. The molecule has 0 heterocycles. The van der Waals surface area contributed by atoms with E-state index >= 15 is 0 Å². The lowest BCUT2D eigenvalue weighted by atomic mass is 10.3. The van der Waals surface area contributed by atoms with Gasteiger partial charge in [-0.05, 0) is 20.8 Å². The number of carbonyl (C=O) groups is 1. The number of primary amides is 1. The maximum atomic E-state index is 10.6. The Labute approximate surface area is 67.9 Å². The number of hydrogen-bond donors (Lipinski definition) is 1. The average molecular weight is 156 g/mol. The van der Waals surface area contributed by atoms with E-state index in [0.717, 1.165) is 13.1 Å². The van der Waals surface area contributed by atoms with Crippen LogP contribution in [0.15, 0.2) is 11.8 Å². The summed E-state index contributed by atoms with van der Waals surface area (Å²) in [5.74, 6) is -0.350. The van der Waals surface area contributed by atoms with Crippen LogP contribution in [0.25, 0.3) is 0 Å². The molecule has 1 amide bonds. The Morgan fingerprint density at radius 3 is 2.18 bits per heavy atom. The quantitative estimate of drug-likeness (QED) is 0.609. The molecular formula is C8H16N2O. The van der Waals surface area contributed by atoms with Crippen molar-refractivity contribution in [3.8, 4) is 0 Å². The molecule has 0 unspecified atom stereocenters. The van der Waals surface area contributed by atoms with Crippen molar-refractivity contribution in [2.24, 2.45) is 5.73 Å². The zero-order valence-electron chi connectivity index (χ0n) is 7.42. The van der Waals surface area contributed by atoms with Crippen LogP contribution >= 0.6 is 0 Å². The van der Waals surface area contributed by atoms with E-state index in [1.165, 1.54) is 0 Å². The normalized spacial score (nSPS) is 11.4. The van der Waals surface area contributed by atoms with Gasteiger partial charge in [-0.3, -0.25) is 4.79 Å². The largest absolute Gasteiger partial charge is 0.378 e. The summed E-state index contributed by atoms with van der Waals surface area (Å²) in [6.07, 6.45) is 1.79. The summed E-state index contributed by atoms with van der Waals surface area (Å²) in [6, 6.07) is 0. The van der Waals surface area contributed by atoms with Crippen molar-refractivity contribution in [3.05, 3.63) is 11.8 Å². The third-order valence-electron chi connectivity index (χ3n) is 1.58. The van der Waals surface area contributed by atoms with Gasteiger partial charge in [-0.1, -0.05) is 0 Å². The van der Waals surface area contributed by atoms with E-state index in [0.29, 0.717) is 5.57 Å². The van der Waals surface area contributed by atoms with Crippen LogP contribution in [0, 0.1) is 0 Å². The van der Waals surface area contributed by atoms with E-state index in [2.05, 4.69) is 0 Å². The summed E-state index contributed by atoms with van der Waals surface area (Å²) < 4.78 is 0. The number of amides is 1. The summed E-state index contributed by atoms with van der Waals surface area (Å²) in [5, 5.41) is 0. The molecule has 2 N–H and O–H groups in total. The highest BCUT2D eigenvalue weighted by Crippen LogP contribution is 1.95. The number of nitrogens with zero attached hydrogens (tertiary/aromatic N) is 1. The fourth-order valence-corrected chi connectivity index (χ4v) is 0.744. The van der Waals surface area contributed by atoms with Crippen LogP contribution in [0.4, 0.5) is 0 Å². The molecule has 0 saturated carbocycles. The van der Waals surface area contributed by atoms with Crippen molar-refractivity contribution >= 4 is 5.91 Å². The van der Waals surface area contributed by atoms with Gasteiger partial charge in [-0.15, -0.1) is 0 Å². The van der Waals surface area contributed by atoms with Crippen molar-refractivity contribution in [3.63, 3.8) is 0 Å². The molecule has 0 aromatic heterocycles. The van der Waals surface area contributed by atoms with E-state index in [1.807, 2.05) is 18.7 Å². The van der Waals surface area contributed by atoms with Crippen molar-refractivity contribution in [1.29, 1.82) is 0 Å². The molecule has 0 radical (unpaired) electrons. The Bertz CT molecular complexity index is 159. The van der Waals surface area contributed by atoms with Crippen LogP contribution in [0.2, 0.25) is 0 Å². The van der Waals surface area contributed by atoms with Crippen LogP contribution in [0.5, 0.6) is 0 Å². The van der Waals surface area contributed by atoms with Gasteiger partial charge in [-0.25, -0.2) is 0 Å². The van der Waals surface area contributed by atoms with E-state index < -0.39 is 0 Å². The summed E-state index contributed by atoms with van der Waals surface area (Å²) in [5.41, 5.74) is 5.67. The van der Waals surface area contributed by atoms with Crippen LogP contribution in [-0.4, -0.2) is 23.9 Å². The number of nitrogens with two attached hydrogens (primary N) is 1. The van der Waals surface area contributed by atoms with Gasteiger partial charge in [0, 0.05) is 24.9 Å². The Kier molecular flexibility index (Phi) is 4.34. The summed E-state index contributed by atoms with van der Waals surface area (Å²) >= 11 is 0. The summed E-state index contributed by atoms with van der Waals surface area (Å²) in [7, 11) is 0. The zero-order chi connectivity index (χ0) is 8.85. The predicted molar refractivity (Wildman–Crippen MR) is 45.9 cm³/mol. The van der Waals surface area contributed by atoms with Crippen LogP contribution < -0.4 is 5.73 Å². The molecule has 0 fully saturated rings. The van der Waals surface area contributed by atoms with Gasteiger partial charge in [0.05, 0.1) is 0 Å². The first kappa shape index (κ1) is 10.0. The molecule has 64 valence electrons. The number of hydrogen-bond acceptors (Lipinski definition) is 2. The van der Waals surface area contributed by atoms with Crippen LogP contribution in [-0.2, 0) is 4.79 Å². The van der Waals surface area contributed by atoms with Crippen LogP contribution in [0.1, 0.15) is 20.8 Å². The fourth-order valence-electron chi connectivity index (χ4n) is 0.744. The summed E-state index contributed by atoms with van der Waals surface area (Å²) in [6.45, 7) is 7.60. The molecule has 0 rings (SSSR count). The lowest BCUT2D eigenvalue weighted by Gasteiger charge is -2.15. The molecule has 0 aliphatic rings. The number of carbonyl (C=O) groups excluding carboxylic acids is 1. The first-order valence-electron chi connectivity index (χ1n) is 3.84. The number of rotatable bonds is 4. The average Bonchev–Trinajstić information content (AvgIpc) is 1.99. The Morgan fingerprint density at radius 2 is 1.91 bits per heavy atom. The molecule has 3 nitrogen and oxygen atoms in total. The van der Waals surface area contributed by atoms with Gasteiger partial charge < -0.3 is 10.6 Å². The lowest BCUT2D eigenvalue weighted by molar-refractivity contribution is -0.114. The standard InChI is InChI=1S/C8H16N2O/c1-4-10(5-2)6-7(3)8(9)11/h6H,4-5H2,1-3H3,(H2,9,11)/b7-6-. The SMILES string of the molecule is CCN(/C=C(/C)C(N)=O)CC. The first-order chi connectivity index (χ1) is 5.11. The van der Waals surface area contributed by atoms with Gasteiger partial charge in [0.25, 0.3) is 0 Å². The van der Waals surface area contributed by atoms with Gasteiger partial charge >= 0.3 is 0 Å². The Morgan fingerprint density at radius 1 is 1.45 bits per heavy atom. The predicted octanol–water partition coefficient (Wildman–Crippen LogP) is 0.717. The monoisotopic (exact) mass is 156 g/mol. The Balaban J connectivity index is 4.14. The molecule has 0 aliphatic carbocycles. The molecule has 0 aromatic rings. The van der Waals surface area contributed by atoms with Gasteiger partial charge in [0.1, 0.15) is 0 Å². The summed E-state index contributed by atoms with van der Waals surface area (Å²) in [4.78, 5) is 12.6. The second-order valence-corrected chi connectivity index (χ2v) is 2.40. The molecule has 0 bridgehead atoms. The smallest absolute Gasteiger partial charge is 0.245 e. The highest BCUT2D eigenvalue weighted by molar-refractivity contribution is 5.91. The lowest BCUT2D eigenvalue weighted by Crippen LogP contribution is -2.20. The van der Waals surface area contributed by atoms with E-state index in [-0.39, 0.29) is 5.91 Å². The van der Waals surface area contributed by atoms with Gasteiger partial charge in [0.15, 0.2) is 0 Å². The van der Waals surface area contributed by atoms with Crippen molar-refractivity contribution in [2.45, 2.75) is 20.8 Å². The molecule has 0 aliphatic heterocycles. The fraction of sp³-hybridized carbons (Fsp3) is 0.625. The maximum Gasteiger partial charge on any atom is 0.245 e. The second-order valence-electron chi connectivity index (χ2n) is 2.40. The van der Waals surface area contributed by atoms with E-state index in [9.17, 15) is 4.79 Å². The Hall–Kier alpha value is -0.990. The van der Waals surface area contributed by atoms with E-state index in [4.69, 9.17) is 5.73 Å². The highest BCUT2D eigenvalue weighted by Gasteiger charge is 1.98. The molecule has 0 saturated heterocycles. The maximum absolute atomic E-state index is 10.6. The highest BCUT2D eigenvalue weighted by atomic mass is 16.1. The van der Waals surface area contributed by atoms with Crippen LogP contribution in [0.3, 0.4) is 0 Å². The minimum Gasteiger partial charge on any atom is -0.378 e. The molecule has 0 aromatic carbocycles. The van der Waals surface area contributed by atoms with E-state index in [1.54, 1.807) is 13.1 Å². The zero-order valence-corrected chi connectivity index (χ0v) is 7.42.